The van der Waals surface area contributed by atoms with Crippen LogP contribution in [0.4, 0.5) is 0 Å². The number of benzene rings is 1. The number of rotatable bonds is 5. The molecule has 2 aliphatic carbocycles. The van der Waals surface area contributed by atoms with Crippen molar-refractivity contribution in [3.63, 3.8) is 0 Å². The zero-order valence-corrected chi connectivity index (χ0v) is 14.8. The van der Waals surface area contributed by atoms with E-state index >= 15 is 0 Å². The van der Waals surface area contributed by atoms with Gasteiger partial charge in [0.05, 0.1) is 11.3 Å². The summed E-state index contributed by atoms with van der Waals surface area (Å²) in [5.74, 6) is 0.163. The van der Waals surface area contributed by atoms with Crippen LogP contribution in [0.15, 0.2) is 23.4 Å². The molecule has 24 heavy (non-hydrogen) atoms. The smallest absolute Gasteiger partial charge is 0.210 e. The molecule has 1 saturated carbocycles. The molecule has 0 bridgehead atoms. The first-order chi connectivity index (χ1) is 11.7. The third-order valence-electron chi connectivity index (χ3n) is 5.17. The van der Waals surface area contributed by atoms with Crippen molar-refractivity contribution in [2.75, 3.05) is 0 Å². The van der Waals surface area contributed by atoms with Gasteiger partial charge in [0, 0.05) is 5.56 Å². The lowest BCUT2D eigenvalue weighted by Crippen LogP contribution is -2.16. The molecule has 5 nitrogen and oxygen atoms in total. The van der Waals surface area contributed by atoms with Gasteiger partial charge in [-0.25, -0.2) is 4.68 Å². The van der Waals surface area contributed by atoms with Gasteiger partial charge >= 0.3 is 0 Å². The van der Waals surface area contributed by atoms with E-state index in [0.717, 1.165) is 36.4 Å². The van der Waals surface area contributed by atoms with Crippen LogP contribution < -0.4 is 0 Å². The summed E-state index contributed by atoms with van der Waals surface area (Å²) in [6.45, 7) is 1.95. The van der Waals surface area contributed by atoms with Gasteiger partial charge in [0.15, 0.2) is 5.78 Å². The number of hydrogen-bond acceptors (Lipinski definition) is 5. The van der Waals surface area contributed by atoms with Crippen molar-refractivity contribution in [2.45, 2.75) is 68.3 Å². The van der Waals surface area contributed by atoms with Gasteiger partial charge in [-0.2, -0.15) is 0 Å². The average molecular weight is 342 g/mol. The van der Waals surface area contributed by atoms with E-state index in [1.807, 2.05) is 17.7 Å². The van der Waals surface area contributed by atoms with Gasteiger partial charge in [0.2, 0.25) is 5.16 Å². The highest BCUT2D eigenvalue weighted by Gasteiger charge is 2.25. The van der Waals surface area contributed by atoms with Gasteiger partial charge in [0.1, 0.15) is 0 Å². The summed E-state index contributed by atoms with van der Waals surface area (Å²) >= 11 is 1.48. The van der Waals surface area contributed by atoms with Gasteiger partial charge in [0.25, 0.3) is 0 Å². The van der Waals surface area contributed by atoms with Crippen LogP contribution in [0.2, 0.25) is 0 Å². The highest BCUT2D eigenvalue weighted by molar-refractivity contribution is 8.00. The summed E-state index contributed by atoms with van der Waals surface area (Å²) in [5, 5.41) is 12.7. The Bertz CT molecular complexity index is 751. The van der Waals surface area contributed by atoms with Crippen molar-refractivity contribution < 1.29 is 4.79 Å². The van der Waals surface area contributed by atoms with Gasteiger partial charge < -0.3 is 0 Å². The minimum absolute atomic E-state index is 0.163. The largest absolute Gasteiger partial charge is 0.293 e. The predicted molar refractivity (Wildman–Crippen MR) is 93.4 cm³/mol. The van der Waals surface area contributed by atoms with Crippen LogP contribution in [0.5, 0.6) is 0 Å². The quantitative estimate of drug-likeness (QED) is 0.613. The summed E-state index contributed by atoms with van der Waals surface area (Å²) in [7, 11) is 0. The molecule has 0 amide bonds. The SMILES string of the molecule is CC(Sc1nnnn1C1CCCC1)C(=O)c1ccc2c(c1)CCC2. The summed E-state index contributed by atoms with van der Waals surface area (Å²) in [6, 6.07) is 6.57. The molecular weight excluding hydrogens is 320 g/mol. The highest BCUT2D eigenvalue weighted by Crippen LogP contribution is 2.33. The van der Waals surface area contributed by atoms with Crippen molar-refractivity contribution in [3.05, 3.63) is 34.9 Å². The second-order valence-electron chi connectivity index (χ2n) is 6.81. The van der Waals surface area contributed by atoms with Crippen molar-refractivity contribution in [2.24, 2.45) is 0 Å². The van der Waals surface area contributed by atoms with Gasteiger partial charge in [-0.15, -0.1) is 5.10 Å². The molecule has 1 fully saturated rings. The van der Waals surface area contributed by atoms with Crippen molar-refractivity contribution >= 4 is 17.5 Å². The number of ketones is 1. The molecule has 0 aliphatic heterocycles. The fourth-order valence-corrected chi connectivity index (χ4v) is 4.75. The molecule has 1 heterocycles. The third kappa shape index (κ3) is 2.99. The molecule has 1 unspecified atom stereocenters. The number of tetrazole rings is 1. The maximum Gasteiger partial charge on any atom is 0.210 e. The Labute approximate surface area is 146 Å². The molecule has 1 aromatic carbocycles. The number of fused-ring (bicyclic) bond motifs is 1. The molecule has 126 valence electrons. The van der Waals surface area contributed by atoms with Crippen LogP contribution in [-0.2, 0) is 12.8 Å². The molecule has 0 radical (unpaired) electrons. The maximum atomic E-state index is 12.8. The van der Waals surface area contributed by atoms with Crippen LogP contribution in [0.1, 0.15) is 66.6 Å². The van der Waals surface area contributed by atoms with E-state index in [0.29, 0.717) is 6.04 Å². The Kier molecular flexibility index (Phi) is 4.39. The summed E-state index contributed by atoms with van der Waals surface area (Å²) in [4.78, 5) is 12.8. The van der Waals surface area contributed by atoms with Crippen LogP contribution >= 0.6 is 11.8 Å². The molecule has 1 aromatic heterocycles. The second kappa shape index (κ2) is 6.67. The number of aryl methyl sites for hydroxylation is 2. The lowest BCUT2D eigenvalue weighted by molar-refractivity contribution is 0.0993. The first kappa shape index (κ1) is 15.8. The van der Waals surface area contributed by atoms with Gasteiger partial charge in [-0.3, -0.25) is 4.79 Å². The number of aromatic nitrogens is 4. The number of Topliss-reactive ketones (excluding diaryl/α,β-unsaturated/α-hetero) is 1. The first-order valence-electron chi connectivity index (χ1n) is 8.83. The number of carbonyl (C=O) groups excluding carboxylic acids is 1. The van der Waals surface area contributed by atoms with Crippen LogP contribution in [0.25, 0.3) is 0 Å². The normalized spacial score (nSPS) is 18.7. The zero-order chi connectivity index (χ0) is 16.5. The minimum Gasteiger partial charge on any atom is -0.293 e. The summed E-state index contributed by atoms with van der Waals surface area (Å²) in [5.41, 5.74) is 3.56. The molecule has 1 atom stereocenters. The molecule has 0 spiro atoms. The van der Waals surface area contributed by atoms with E-state index in [1.54, 1.807) is 0 Å². The zero-order valence-electron chi connectivity index (χ0n) is 13.9. The molecule has 2 aliphatic rings. The lowest BCUT2D eigenvalue weighted by Gasteiger charge is -2.14. The molecule has 2 aromatic rings. The number of thioether (sulfide) groups is 1. The van der Waals surface area contributed by atoms with Crippen LogP contribution in [0, 0.1) is 0 Å². The standard InChI is InChI=1S/C18H22N4OS/c1-12(17(23)15-10-9-13-5-4-6-14(13)11-15)24-18-19-20-21-22(18)16-7-2-3-8-16/h9-12,16H,2-8H2,1H3. The van der Waals surface area contributed by atoms with E-state index < -0.39 is 0 Å². The fourth-order valence-electron chi connectivity index (χ4n) is 3.81. The Morgan fingerprint density at radius 2 is 2.00 bits per heavy atom. The number of carbonyl (C=O) groups is 1. The van der Waals surface area contributed by atoms with Crippen LogP contribution in [0.3, 0.4) is 0 Å². The maximum absolute atomic E-state index is 12.8. The van der Waals surface area contributed by atoms with E-state index in [-0.39, 0.29) is 11.0 Å². The lowest BCUT2D eigenvalue weighted by atomic mass is 10.0. The molecule has 4 rings (SSSR count). The predicted octanol–water partition coefficient (Wildman–Crippen LogP) is 3.64. The Hall–Kier alpha value is -1.69. The van der Waals surface area contributed by atoms with Gasteiger partial charge in [-0.05, 0) is 66.6 Å². The van der Waals surface area contributed by atoms with E-state index in [4.69, 9.17) is 0 Å². The molecule has 6 heteroatoms. The van der Waals surface area contributed by atoms with E-state index in [2.05, 4.69) is 27.7 Å². The third-order valence-corrected chi connectivity index (χ3v) is 6.21. The Balaban J connectivity index is 1.49. The minimum atomic E-state index is -0.185. The monoisotopic (exact) mass is 342 g/mol. The average Bonchev–Trinajstić information content (AvgIpc) is 3.33. The molecular formula is C18H22N4OS. The summed E-state index contributed by atoms with van der Waals surface area (Å²) < 4.78 is 1.92. The Morgan fingerprint density at radius 1 is 1.21 bits per heavy atom. The molecule has 0 saturated heterocycles. The molecule has 0 N–H and O–H groups in total. The number of hydrogen-bond donors (Lipinski definition) is 0. The topological polar surface area (TPSA) is 60.7 Å². The fraction of sp³-hybridized carbons (Fsp3) is 0.556. The van der Waals surface area contributed by atoms with Crippen molar-refractivity contribution in [1.29, 1.82) is 0 Å². The summed E-state index contributed by atoms with van der Waals surface area (Å²) in [6.07, 6.45) is 8.17. The second-order valence-corrected chi connectivity index (χ2v) is 8.11. The highest BCUT2D eigenvalue weighted by atomic mass is 32.2. The number of nitrogens with zero attached hydrogens (tertiary/aromatic N) is 4. The van der Waals surface area contributed by atoms with Crippen molar-refractivity contribution in [3.8, 4) is 0 Å². The van der Waals surface area contributed by atoms with E-state index in [1.165, 1.54) is 42.2 Å². The van der Waals surface area contributed by atoms with Gasteiger partial charge in [-0.1, -0.05) is 36.7 Å². The van der Waals surface area contributed by atoms with E-state index in [9.17, 15) is 4.79 Å². The van der Waals surface area contributed by atoms with Crippen molar-refractivity contribution in [1.82, 2.24) is 20.2 Å². The first-order valence-corrected chi connectivity index (χ1v) is 9.71. The van der Waals surface area contributed by atoms with Crippen LogP contribution in [-0.4, -0.2) is 31.2 Å². The Morgan fingerprint density at radius 3 is 2.83 bits per heavy atom.